The lowest BCUT2D eigenvalue weighted by Crippen LogP contribution is -2.25. The minimum atomic E-state index is -1.23. The zero-order chi connectivity index (χ0) is 13.1. The van der Waals surface area contributed by atoms with Gasteiger partial charge >= 0.3 is 0 Å². The number of fused-ring (bicyclic) bond motifs is 1. The van der Waals surface area contributed by atoms with Crippen molar-refractivity contribution in [2.45, 2.75) is 18.6 Å². The molecule has 1 aromatic heterocycles. The molecule has 2 atom stereocenters. The summed E-state index contributed by atoms with van der Waals surface area (Å²) in [5, 5.41) is 20.6. The molecule has 0 spiro atoms. The standard InChI is InChI=1S/C13H14N2O3/c14-11(17)7-10(16)13(18)9-5-1-3-8-4-2-6-15-12(8)9/h1-6,10,13,16,18H,7H2,(H2,14,17). The molecule has 0 radical (unpaired) electrons. The molecule has 5 nitrogen and oxygen atoms in total. The van der Waals surface area contributed by atoms with E-state index in [9.17, 15) is 15.0 Å². The molecule has 1 amide bonds. The lowest BCUT2D eigenvalue weighted by atomic mass is 9.99. The molecule has 2 unspecified atom stereocenters. The van der Waals surface area contributed by atoms with Gasteiger partial charge in [-0.3, -0.25) is 9.78 Å². The summed E-state index contributed by atoms with van der Waals surface area (Å²) in [7, 11) is 0. The first-order chi connectivity index (χ1) is 8.59. The Hall–Kier alpha value is -1.98. The number of para-hydroxylation sites is 1. The fourth-order valence-electron chi connectivity index (χ4n) is 1.89. The first kappa shape index (κ1) is 12.5. The number of aliphatic hydroxyl groups excluding tert-OH is 2. The monoisotopic (exact) mass is 246 g/mol. The van der Waals surface area contributed by atoms with Crippen molar-refractivity contribution in [3.05, 3.63) is 42.1 Å². The third-order valence-corrected chi connectivity index (χ3v) is 2.76. The molecule has 18 heavy (non-hydrogen) atoms. The van der Waals surface area contributed by atoms with Crippen molar-refractivity contribution in [1.82, 2.24) is 4.98 Å². The highest BCUT2D eigenvalue weighted by molar-refractivity contribution is 5.82. The number of amides is 1. The molecular weight excluding hydrogens is 232 g/mol. The molecule has 0 aliphatic rings. The molecule has 0 saturated carbocycles. The topological polar surface area (TPSA) is 96.4 Å². The number of rotatable bonds is 4. The fourth-order valence-corrected chi connectivity index (χ4v) is 1.89. The van der Waals surface area contributed by atoms with Gasteiger partial charge in [0.05, 0.1) is 18.0 Å². The Bertz CT molecular complexity index is 566. The van der Waals surface area contributed by atoms with Gasteiger partial charge in [0.2, 0.25) is 5.91 Å². The van der Waals surface area contributed by atoms with Gasteiger partial charge in [0.25, 0.3) is 0 Å². The van der Waals surface area contributed by atoms with Crippen molar-refractivity contribution in [2.24, 2.45) is 5.73 Å². The van der Waals surface area contributed by atoms with Crippen molar-refractivity contribution < 1.29 is 15.0 Å². The van der Waals surface area contributed by atoms with E-state index in [1.165, 1.54) is 0 Å². The molecule has 2 rings (SSSR count). The van der Waals surface area contributed by atoms with Crippen LogP contribution < -0.4 is 5.73 Å². The van der Waals surface area contributed by atoms with Crippen LogP contribution in [0.15, 0.2) is 36.5 Å². The summed E-state index contributed by atoms with van der Waals surface area (Å²) in [6.45, 7) is 0. The van der Waals surface area contributed by atoms with Crippen LogP contribution in [0.4, 0.5) is 0 Å². The van der Waals surface area contributed by atoms with Crippen molar-refractivity contribution in [1.29, 1.82) is 0 Å². The molecule has 0 saturated heterocycles. The van der Waals surface area contributed by atoms with Gasteiger partial charge < -0.3 is 15.9 Å². The molecule has 0 aliphatic carbocycles. The largest absolute Gasteiger partial charge is 0.390 e. The second-order valence-corrected chi connectivity index (χ2v) is 4.10. The normalized spacial score (nSPS) is 14.3. The fraction of sp³-hybridized carbons (Fsp3) is 0.231. The number of aliphatic hydroxyl groups is 2. The molecule has 4 N–H and O–H groups in total. The van der Waals surface area contributed by atoms with Crippen molar-refractivity contribution >= 4 is 16.8 Å². The van der Waals surface area contributed by atoms with Gasteiger partial charge in [0.15, 0.2) is 0 Å². The van der Waals surface area contributed by atoms with Crippen LogP contribution in [0.25, 0.3) is 10.9 Å². The summed E-state index contributed by atoms with van der Waals surface area (Å²) in [6, 6.07) is 8.94. The Balaban J connectivity index is 2.38. The maximum atomic E-state index is 10.7. The zero-order valence-electron chi connectivity index (χ0n) is 9.65. The Morgan fingerprint density at radius 2 is 2.00 bits per heavy atom. The van der Waals surface area contributed by atoms with Gasteiger partial charge in [-0.1, -0.05) is 24.3 Å². The zero-order valence-corrected chi connectivity index (χ0v) is 9.65. The average Bonchev–Trinajstić information content (AvgIpc) is 2.36. The number of aromatic nitrogens is 1. The summed E-state index contributed by atoms with van der Waals surface area (Å²) in [4.78, 5) is 14.9. The summed E-state index contributed by atoms with van der Waals surface area (Å²) in [5.74, 6) is -0.658. The van der Waals surface area contributed by atoms with Crippen LogP contribution >= 0.6 is 0 Å². The lowest BCUT2D eigenvalue weighted by molar-refractivity contribution is -0.121. The maximum absolute atomic E-state index is 10.7. The van der Waals surface area contributed by atoms with E-state index in [4.69, 9.17) is 5.73 Å². The van der Waals surface area contributed by atoms with E-state index < -0.39 is 18.1 Å². The highest BCUT2D eigenvalue weighted by atomic mass is 16.3. The van der Waals surface area contributed by atoms with Crippen LogP contribution in [0.5, 0.6) is 0 Å². The summed E-state index contributed by atoms with van der Waals surface area (Å²) in [6.07, 6.45) is -1.09. The van der Waals surface area contributed by atoms with Gasteiger partial charge in [0, 0.05) is 17.1 Å². The van der Waals surface area contributed by atoms with Crippen molar-refractivity contribution in [3.63, 3.8) is 0 Å². The van der Waals surface area contributed by atoms with E-state index in [0.717, 1.165) is 5.39 Å². The van der Waals surface area contributed by atoms with Gasteiger partial charge in [-0.2, -0.15) is 0 Å². The number of carbonyl (C=O) groups is 1. The number of benzene rings is 1. The van der Waals surface area contributed by atoms with Crippen molar-refractivity contribution in [3.8, 4) is 0 Å². The summed E-state index contributed by atoms with van der Waals surface area (Å²) in [5.41, 5.74) is 6.09. The van der Waals surface area contributed by atoms with E-state index in [0.29, 0.717) is 11.1 Å². The molecule has 1 aromatic carbocycles. The van der Waals surface area contributed by atoms with Crippen LogP contribution in [-0.4, -0.2) is 27.2 Å². The SMILES string of the molecule is NC(=O)CC(O)C(O)c1cccc2cccnc12. The number of nitrogens with zero attached hydrogens (tertiary/aromatic N) is 1. The Labute approximate surface area is 104 Å². The minimum absolute atomic E-state index is 0.287. The van der Waals surface area contributed by atoms with Crippen LogP contribution in [0.2, 0.25) is 0 Å². The maximum Gasteiger partial charge on any atom is 0.220 e. The second-order valence-electron chi connectivity index (χ2n) is 4.10. The molecule has 94 valence electrons. The Morgan fingerprint density at radius 1 is 1.28 bits per heavy atom. The molecule has 0 aliphatic heterocycles. The van der Waals surface area contributed by atoms with E-state index in [2.05, 4.69) is 4.98 Å². The predicted molar refractivity (Wildman–Crippen MR) is 66.5 cm³/mol. The molecular formula is C13H14N2O3. The molecule has 1 heterocycles. The highest BCUT2D eigenvalue weighted by Crippen LogP contribution is 2.25. The van der Waals surface area contributed by atoms with Gasteiger partial charge in [-0.15, -0.1) is 0 Å². The summed E-state index contributed by atoms with van der Waals surface area (Å²) < 4.78 is 0. The average molecular weight is 246 g/mol. The van der Waals surface area contributed by atoms with Crippen molar-refractivity contribution in [2.75, 3.05) is 0 Å². The number of nitrogens with two attached hydrogens (primary N) is 1. The number of hydrogen-bond acceptors (Lipinski definition) is 4. The smallest absolute Gasteiger partial charge is 0.220 e. The minimum Gasteiger partial charge on any atom is -0.390 e. The molecule has 0 fully saturated rings. The predicted octanol–water partition coefficient (Wildman–Crippen LogP) is 0.504. The number of carbonyl (C=O) groups excluding carboxylic acids is 1. The molecule has 0 bridgehead atoms. The Morgan fingerprint density at radius 3 is 2.72 bits per heavy atom. The third-order valence-electron chi connectivity index (χ3n) is 2.76. The number of primary amides is 1. The Kier molecular flexibility index (Phi) is 3.55. The quantitative estimate of drug-likeness (QED) is 0.732. The van der Waals surface area contributed by atoms with Gasteiger partial charge in [0.1, 0.15) is 6.10 Å². The highest BCUT2D eigenvalue weighted by Gasteiger charge is 2.22. The van der Waals surface area contributed by atoms with Crippen LogP contribution in [-0.2, 0) is 4.79 Å². The van der Waals surface area contributed by atoms with Crippen LogP contribution in [0, 0.1) is 0 Å². The van der Waals surface area contributed by atoms with Gasteiger partial charge in [-0.05, 0) is 6.07 Å². The third kappa shape index (κ3) is 2.47. The number of hydrogen-bond donors (Lipinski definition) is 3. The van der Waals surface area contributed by atoms with Gasteiger partial charge in [-0.25, -0.2) is 0 Å². The van der Waals surface area contributed by atoms with E-state index in [1.807, 2.05) is 12.1 Å². The second kappa shape index (κ2) is 5.12. The van der Waals surface area contributed by atoms with E-state index in [1.54, 1.807) is 24.4 Å². The van der Waals surface area contributed by atoms with E-state index >= 15 is 0 Å². The first-order valence-electron chi connectivity index (χ1n) is 5.57. The van der Waals surface area contributed by atoms with E-state index in [-0.39, 0.29) is 6.42 Å². The molecule has 5 heteroatoms. The summed E-state index contributed by atoms with van der Waals surface area (Å²) >= 11 is 0. The number of pyridine rings is 1. The molecule has 2 aromatic rings. The first-order valence-corrected chi connectivity index (χ1v) is 5.57. The lowest BCUT2D eigenvalue weighted by Gasteiger charge is -2.18. The van der Waals surface area contributed by atoms with Crippen LogP contribution in [0.1, 0.15) is 18.1 Å². The van der Waals surface area contributed by atoms with Crippen LogP contribution in [0.3, 0.4) is 0 Å².